The van der Waals surface area contributed by atoms with E-state index in [1.54, 1.807) is 10.7 Å². The SMILES string of the molecule is Cc1ccc(Br)cc1-n1nnc(C(=O)Nc2ccc3ccccc3n2)c1C. The minimum Gasteiger partial charge on any atom is -0.305 e. The number of carbonyl (C=O) groups is 1. The first-order chi connectivity index (χ1) is 13.0. The van der Waals surface area contributed by atoms with Gasteiger partial charge in [-0.1, -0.05) is 45.4 Å². The van der Waals surface area contributed by atoms with Crippen LogP contribution in [0.4, 0.5) is 5.82 Å². The van der Waals surface area contributed by atoms with Gasteiger partial charge in [0.1, 0.15) is 5.82 Å². The van der Waals surface area contributed by atoms with Crippen LogP contribution < -0.4 is 5.32 Å². The van der Waals surface area contributed by atoms with Crippen LogP contribution in [0.5, 0.6) is 0 Å². The molecule has 0 saturated heterocycles. The van der Waals surface area contributed by atoms with Crippen molar-refractivity contribution in [1.29, 1.82) is 0 Å². The molecule has 0 fully saturated rings. The molecule has 0 aliphatic heterocycles. The number of aromatic nitrogens is 4. The van der Waals surface area contributed by atoms with Gasteiger partial charge < -0.3 is 5.32 Å². The van der Waals surface area contributed by atoms with E-state index in [2.05, 4.69) is 36.5 Å². The number of halogens is 1. The number of benzene rings is 2. The van der Waals surface area contributed by atoms with Gasteiger partial charge in [0.25, 0.3) is 5.91 Å². The number of fused-ring (bicyclic) bond motifs is 1. The highest BCUT2D eigenvalue weighted by Crippen LogP contribution is 2.22. The molecule has 0 unspecified atom stereocenters. The van der Waals surface area contributed by atoms with E-state index in [1.165, 1.54) is 0 Å². The summed E-state index contributed by atoms with van der Waals surface area (Å²) in [7, 11) is 0. The fourth-order valence-corrected chi connectivity index (χ4v) is 3.24. The first kappa shape index (κ1) is 17.4. The smallest absolute Gasteiger partial charge is 0.279 e. The zero-order valence-corrected chi connectivity index (χ0v) is 16.4. The van der Waals surface area contributed by atoms with E-state index in [-0.39, 0.29) is 11.6 Å². The lowest BCUT2D eigenvalue weighted by atomic mass is 10.2. The molecule has 7 heteroatoms. The zero-order chi connectivity index (χ0) is 19.0. The van der Waals surface area contributed by atoms with Crippen LogP contribution in [-0.4, -0.2) is 25.9 Å². The van der Waals surface area contributed by atoms with E-state index in [0.29, 0.717) is 11.5 Å². The van der Waals surface area contributed by atoms with Gasteiger partial charge in [-0.05, 0) is 49.7 Å². The van der Waals surface area contributed by atoms with Crippen molar-refractivity contribution < 1.29 is 4.79 Å². The Labute approximate surface area is 164 Å². The van der Waals surface area contributed by atoms with Crippen molar-refractivity contribution in [3.8, 4) is 5.69 Å². The second-order valence-corrected chi connectivity index (χ2v) is 7.13. The topological polar surface area (TPSA) is 72.7 Å². The maximum Gasteiger partial charge on any atom is 0.279 e. The minimum atomic E-state index is -0.339. The number of pyridine rings is 1. The predicted molar refractivity (Wildman–Crippen MR) is 108 cm³/mol. The largest absolute Gasteiger partial charge is 0.305 e. The van der Waals surface area contributed by atoms with Crippen LogP contribution in [0.25, 0.3) is 16.6 Å². The van der Waals surface area contributed by atoms with E-state index in [1.807, 2.05) is 62.4 Å². The number of aryl methyl sites for hydroxylation is 1. The number of para-hydroxylation sites is 1. The van der Waals surface area contributed by atoms with Gasteiger partial charge in [0, 0.05) is 9.86 Å². The average Bonchev–Trinajstić information content (AvgIpc) is 3.05. The van der Waals surface area contributed by atoms with Crippen molar-refractivity contribution in [3.63, 3.8) is 0 Å². The lowest BCUT2D eigenvalue weighted by Gasteiger charge is -2.08. The normalized spacial score (nSPS) is 10.9. The molecule has 0 bridgehead atoms. The highest BCUT2D eigenvalue weighted by atomic mass is 79.9. The second-order valence-electron chi connectivity index (χ2n) is 6.21. The zero-order valence-electron chi connectivity index (χ0n) is 14.8. The Morgan fingerprint density at radius 2 is 1.89 bits per heavy atom. The van der Waals surface area contributed by atoms with Crippen LogP contribution in [0.1, 0.15) is 21.7 Å². The van der Waals surface area contributed by atoms with E-state index < -0.39 is 0 Å². The van der Waals surface area contributed by atoms with Gasteiger partial charge in [-0.3, -0.25) is 4.79 Å². The van der Waals surface area contributed by atoms with Gasteiger partial charge >= 0.3 is 0 Å². The molecule has 2 aromatic carbocycles. The van der Waals surface area contributed by atoms with Gasteiger partial charge in [-0.15, -0.1) is 5.10 Å². The van der Waals surface area contributed by atoms with Crippen molar-refractivity contribution >= 4 is 38.6 Å². The van der Waals surface area contributed by atoms with Crippen molar-refractivity contribution in [2.75, 3.05) is 5.32 Å². The number of rotatable bonds is 3. The Balaban J connectivity index is 1.64. The third kappa shape index (κ3) is 3.33. The van der Waals surface area contributed by atoms with E-state index in [0.717, 1.165) is 26.6 Å². The standard InChI is InChI=1S/C20H16BrN5O/c1-12-7-9-15(21)11-17(12)26-13(2)19(24-25-26)20(27)23-18-10-8-14-5-3-4-6-16(14)22-18/h3-11H,1-2H3,(H,22,23,27). The van der Waals surface area contributed by atoms with Crippen LogP contribution >= 0.6 is 15.9 Å². The summed E-state index contributed by atoms with van der Waals surface area (Å²) < 4.78 is 2.60. The molecule has 0 aliphatic rings. The van der Waals surface area contributed by atoms with Crippen molar-refractivity contribution in [1.82, 2.24) is 20.0 Å². The Kier molecular flexibility index (Phi) is 4.45. The van der Waals surface area contributed by atoms with Gasteiger partial charge in [0.2, 0.25) is 0 Å². The summed E-state index contributed by atoms with van der Waals surface area (Å²) in [5, 5.41) is 12.1. The second kappa shape index (κ2) is 6.92. The predicted octanol–water partition coefficient (Wildman–Crippen LogP) is 4.45. The lowest BCUT2D eigenvalue weighted by Crippen LogP contribution is -2.15. The monoisotopic (exact) mass is 421 g/mol. The van der Waals surface area contributed by atoms with Crippen LogP contribution in [0.3, 0.4) is 0 Å². The highest BCUT2D eigenvalue weighted by molar-refractivity contribution is 9.10. The molecule has 6 nitrogen and oxygen atoms in total. The third-order valence-electron chi connectivity index (χ3n) is 4.35. The summed E-state index contributed by atoms with van der Waals surface area (Å²) in [5.41, 5.74) is 3.66. The summed E-state index contributed by atoms with van der Waals surface area (Å²) in [6.45, 7) is 3.81. The summed E-state index contributed by atoms with van der Waals surface area (Å²) in [6, 6.07) is 17.3. The third-order valence-corrected chi connectivity index (χ3v) is 4.84. The molecule has 0 spiro atoms. The molecule has 134 valence electrons. The minimum absolute atomic E-state index is 0.268. The van der Waals surface area contributed by atoms with E-state index in [9.17, 15) is 4.79 Å². The first-order valence-electron chi connectivity index (χ1n) is 8.39. The average molecular weight is 422 g/mol. The fraction of sp³-hybridized carbons (Fsp3) is 0.100. The number of nitrogens with one attached hydrogen (secondary N) is 1. The molecule has 0 atom stereocenters. The fourth-order valence-electron chi connectivity index (χ4n) is 2.89. The summed E-state index contributed by atoms with van der Waals surface area (Å²) >= 11 is 3.47. The van der Waals surface area contributed by atoms with Gasteiger partial charge in [-0.25, -0.2) is 9.67 Å². The molecule has 1 N–H and O–H groups in total. The van der Waals surface area contributed by atoms with Crippen LogP contribution in [-0.2, 0) is 0 Å². The van der Waals surface area contributed by atoms with Gasteiger partial charge in [0.15, 0.2) is 5.69 Å². The van der Waals surface area contributed by atoms with Gasteiger partial charge in [0.05, 0.1) is 16.9 Å². The maximum absolute atomic E-state index is 12.7. The highest BCUT2D eigenvalue weighted by Gasteiger charge is 2.19. The van der Waals surface area contributed by atoms with Crippen LogP contribution in [0.2, 0.25) is 0 Å². The van der Waals surface area contributed by atoms with Gasteiger partial charge in [-0.2, -0.15) is 0 Å². The number of carbonyl (C=O) groups excluding carboxylic acids is 1. The lowest BCUT2D eigenvalue weighted by molar-refractivity contribution is 0.102. The van der Waals surface area contributed by atoms with Crippen molar-refractivity contribution in [2.45, 2.75) is 13.8 Å². The van der Waals surface area contributed by atoms with Crippen molar-refractivity contribution in [2.24, 2.45) is 0 Å². The molecule has 2 heterocycles. The molecular formula is C20H16BrN5O. The quantitative estimate of drug-likeness (QED) is 0.530. The summed E-state index contributed by atoms with van der Waals surface area (Å²) in [6.07, 6.45) is 0. The molecule has 4 aromatic rings. The first-order valence-corrected chi connectivity index (χ1v) is 9.18. The number of hydrogen-bond donors (Lipinski definition) is 1. The maximum atomic E-state index is 12.7. The summed E-state index contributed by atoms with van der Waals surface area (Å²) in [4.78, 5) is 17.2. The molecule has 2 aromatic heterocycles. The van der Waals surface area contributed by atoms with Crippen LogP contribution in [0, 0.1) is 13.8 Å². The Bertz CT molecular complexity index is 1170. The van der Waals surface area contributed by atoms with E-state index >= 15 is 0 Å². The number of hydrogen-bond acceptors (Lipinski definition) is 4. The number of nitrogens with zero attached hydrogens (tertiary/aromatic N) is 4. The molecule has 1 amide bonds. The Morgan fingerprint density at radius 1 is 1.07 bits per heavy atom. The number of amides is 1. The van der Waals surface area contributed by atoms with Crippen LogP contribution in [0.15, 0.2) is 59.1 Å². The Hall–Kier alpha value is -3.06. The molecular weight excluding hydrogens is 406 g/mol. The molecule has 4 rings (SSSR count). The molecule has 0 radical (unpaired) electrons. The summed E-state index contributed by atoms with van der Waals surface area (Å²) in [5.74, 6) is 0.139. The van der Waals surface area contributed by atoms with Crippen molar-refractivity contribution in [3.05, 3.63) is 76.0 Å². The molecule has 0 saturated carbocycles. The molecule has 27 heavy (non-hydrogen) atoms. The molecule has 0 aliphatic carbocycles. The number of anilines is 1. The van der Waals surface area contributed by atoms with E-state index in [4.69, 9.17) is 0 Å². The Morgan fingerprint density at radius 3 is 2.74 bits per heavy atom.